The fourth-order valence-corrected chi connectivity index (χ4v) is 7.46. The van der Waals surface area contributed by atoms with Crippen LogP contribution in [0.4, 0.5) is 23.3 Å². The molecule has 6 rings (SSSR count). The van der Waals surface area contributed by atoms with Gasteiger partial charge in [0.2, 0.25) is 11.9 Å². The Morgan fingerprint density at radius 2 is 1.57 bits per heavy atom. The molecule has 1 aliphatic carbocycles. The second kappa shape index (κ2) is 13.2. The summed E-state index contributed by atoms with van der Waals surface area (Å²) in [6.07, 6.45) is 9.15. The zero-order valence-corrected chi connectivity index (χ0v) is 26.0. The molecule has 0 atom stereocenters. The van der Waals surface area contributed by atoms with E-state index in [9.17, 15) is 13.5 Å². The number of aromatic hydroxyl groups is 1. The van der Waals surface area contributed by atoms with Gasteiger partial charge in [-0.05, 0) is 68.9 Å². The Bertz CT molecular complexity index is 1630. The molecule has 1 saturated heterocycles. The number of hydrogen-bond acceptors (Lipinski definition) is 8. The Morgan fingerprint density at radius 1 is 0.864 bits per heavy atom. The summed E-state index contributed by atoms with van der Waals surface area (Å²) in [5, 5.41) is 14.4. The zero-order chi connectivity index (χ0) is 30.5. The van der Waals surface area contributed by atoms with Crippen LogP contribution in [0, 0.1) is 6.92 Å². The number of nitrogens with zero attached hydrogens (tertiary/aromatic N) is 5. The lowest BCUT2D eigenvalue weighted by atomic mass is 9.89. The lowest BCUT2D eigenvalue weighted by Crippen LogP contribution is -2.32. The molecular weight excluding hydrogens is 572 g/mol. The average Bonchev–Trinajstić information content (AvgIpc) is 3.06. The van der Waals surface area contributed by atoms with Crippen molar-refractivity contribution in [2.45, 2.75) is 75.6 Å². The fourth-order valence-electron chi connectivity index (χ4n) is 6.02. The molecule has 0 spiro atoms. The minimum Gasteiger partial charge on any atom is -0.506 e. The van der Waals surface area contributed by atoms with Crippen LogP contribution < -0.4 is 14.5 Å². The Morgan fingerprint density at radius 3 is 2.27 bits per heavy atom. The highest BCUT2D eigenvalue weighted by Crippen LogP contribution is 2.36. The number of anilines is 4. The number of benzene rings is 3. The van der Waals surface area contributed by atoms with Gasteiger partial charge < -0.3 is 15.3 Å². The first-order chi connectivity index (χ1) is 21.4. The topological polar surface area (TPSA) is 112 Å². The number of hydrogen-bond donors (Lipinski definition) is 2. The number of phenolic OH excluding ortho intramolecular Hbond substituents is 1. The van der Waals surface area contributed by atoms with Crippen LogP contribution in [0.15, 0.2) is 77.7 Å². The van der Waals surface area contributed by atoms with Crippen molar-refractivity contribution >= 4 is 33.3 Å². The number of aryl methyl sites for hydroxylation is 1. The quantitative estimate of drug-likeness (QED) is 0.193. The van der Waals surface area contributed by atoms with Crippen molar-refractivity contribution < 1.29 is 13.5 Å². The van der Waals surface area contributed by atoms with Gasteiger partial charge >= 0.3 is 0 Å². The van der Waals surface area contributed by atoms with Gasteiger partial charge in [-0.3, -0.25) is 4.31 Å². The van der Waals surface area contributed by atoms with Crippen LogP contribution in [0.25, 0.3) is 0 Å². The van der Waals surface area contributed by atoms with Crippen LogP contribution in [0.3, 0.4) is 0 Å². The summed E-state index contributed by atoms with van der Waals surface area (Å²) in [5.74, 6) is 2.07. The first-order valence-electron chi connectivity index (χ1n) is 15.6. The number of sulfonamides is 1. The number of rotatable bonds is 9. The van der Waals surface area contributed by atoms with Gasteiger partial charge in [0.15, 0.2) is 0 Å². The summed E-state index contributed by atoms with van der Waals surface area (Å²) in [4.78, 5) is 16.9. The Balaban J connectivity index is 1.32. The van der Waals surface area contributed by atoms with Gasteiger partial charge in [0.05, 0.1) is 22.8 Å². The lowest BCUT2D eigenvalue weighted by molar-refractivity contribution is 0.427. The van der Waals surface area contributed by atoms with Crippen LogP contribution in [-0.4, -0.2) is 41.6 Å². The third-order valence-corrected chi connectivity index (χ3v) is 10.3. The first-order valence-corrected chi connectivity index (χ1v) is 17.1. The number of phenols is 1. The predicted molar refractivity (Wildman–Crippen MR) is 174 cm³/mol. The number of piperidine rings is 1. The standard InChI is InChI=1S/C34H40N6O3S/c1-25-15-18-29(19-16-25)44(42,43)40(24-26-11-5-2-6-12-26)28-17-20-30(31(41)23-28)35-33-36-32(27-13-7-3-8-14-27)37-34(38-33)39-21-9-4-10-22-39/h2,5-6,11-12,15-20,23,27,41H,3-4,7-10,13-14,21-22,24H2,1H3,(H,35,36,37,38). The van der Waals surface area contributed by atoms with Gasteiger partial charge in [0.25, 0.3) is 10.0 Å². The second-order valence-electron chi connectivity index (χ2n) is 11.8. The molecule has 4 aromatic rings. The van der Waals surface area contributed by atoms with Crippen molar-refractivity contribution in [3.8, 4) is 5.75 Å². The Kier molecular flexibility index (Phi) is 8.97. The summed E-state index contributed by atoms with van der Waals surface area (Å²) >= 11 is 0. The molecule has 2 fully saturated rings. The molecule has 2 heterocycles. The van der Waals surface area contributed by atoms with Gasteiger partial charge in [-0.15, -0.1) is 0 Å². The molecule has 0 bridgehead atoms. The molecule has 9 nitrogen and oxygen atoms in total. The monoisotopic (exact) mass is 612 g/mol. The van der Waals surface area contributed by atoms with E-state index in [2.05, 4.69) is 10.2 Å². The van der Waals surface area contributed by atoms with Gasteiger partial charge in [-0.25, -0.2) is 8.42 Å². The third kappa shape index (κ3) is 6.80. The minimum atomic E-state index is -3.93. The first kappa shape index (κ1) is 29.9. The van der Waals surface area contributed by atoms with Gasteiger partial charge in [-0.2, -0.15) is 15.0 Å². The maximum atomic E-state index is 13.9. The smallest absolute Gasteiger partial charge is 0.264 e. The van der Waals surface area contributed by atoms with E-state index in [-0.39, 0.29) is 17.2 Å². The molecule has 230 valence electrons. The molecule has 10 heteroatoms. The number of aromatic nitrogens is 3. The zero-order valence-electron chi connectivity index (χ0n) is 25.2. The van der Waals surface area contributed by atoms with E-state index in [4.69, 9.17) is 15.0 Å². The average molecular weight is 613 g/mol. The van der Waals surface area contributed by atoms with E-state index in [1.54, 1.807) is 36.4 Å². The molecule has 2 N–H and O–H groups in total. The van der Waals surface area contributed by atoms with E-state index >= 15 is 0 Å². The molecule has 3 aromatic carbocycles. The van der Waals surface area contributed by atoms with Gasteiger partial charge in [0.1, 0.15) is 11.6 Å². The second-order valence-corrected chi connectivity index (χ2v) is 13.7. The SMILES string of the molecule is Cc1ccc(S(=O)(=O)N(Cc2ccccc2)c2ccc(Nc3nc(C4CCCCC4)nc(N4CCCCC4)n3)c(O)c2)cc1. The Hall–Kier alpha value is -4.18. The van der Waals surface area contributed by atoms with E-state index in [0.717, 1.165) is 55.7 Å². The Labute approximate surface area is 260 Å². The van der Waals surface area contributed by atoms with Crippen molar-refractivity contribution in [3.63, 3.8) is 0 Å². The van der Waals surface area contributed by atoms with Crippen LogP contribution in [0.5, 0.6) is 5.75 Å². The van der Waals surface area contributed by atoms with Crippen molar-refractivity contribution in [1.29, 1.82) is 0 Å². The molecular formula is C34H40N6O3S. The highest BCUT2D eigenvalue weighted by atomic mass is 32.2. The normalized spacial score (nSPS) is 16.1. The highest BCUT2D eigenvalue weighted by molar-refractivity contribution is 7.92. The summed E-state index contributed by atoms with van der Waals surface area (Å²) in [7, 11) is -3.93. The van der Waals surface area contributed by atoms with Crippen molar-refractivity contribution in [2.75, 3.05) is 27.6 Å². The molecule has 0 unspecified atom stereocenters. The molecule has 44 heavy (non-hydrogen) atoms. The van der Waals surface area contributed by atoms with Crippen LogP contribution in [0.2, 0.25) is 0 Å². The van der Waals surface area contributed by atoms with Crippen molar-refractivity contribution in [3.05, 3.63) is 89.7 Å². The minimum absolute atomic E-state index is 0.0983. The largest absolute Gasteiger partial charge is 0.506 e. The van der Waals surface area contributed by atoms with Crippen LogP contribution >= 0.6 is 0 Å². The fraction of sp³-hybridized carbons (Fsp3) is 0.382. The summed E-state index contributed by atoms with van der Waals surface area (Å²) in [6, 6.07) is 21.1. The van der Waals surface area contributed by atoms with E-state index in [1.807, 2.05) is 37.3 Å². The number of nitrogens with one attached hydrogen (secondary N) is 1. The van der Waals surface area contributed by atoms with Crippen LogP contribution in [-0.2, 0) is 16.6 Å². The van der Waals surface area contributed by atoms with Gasteiger partial charge in [0, 0.05) is 25.1 Å². The molecule has 2 aliphatic rings. The molecule has 0 radical (unpaired) electrons. The van der Waals surface area contributed by atoms with Crippen LogP contribution in [0.1, 0.15) is 74.2 Å². The van der Waals surface area contributed by atoms with Crippen molar-refractivity contribution in [1.82, 2.24) is 15.0 Å². The summed E-state index contributed by atoms with van der Waals surface area (Å²) < 4.78 is 29.1. The van der Waals surface area contributed by atoms with E-state index in [1.165, 1.54) is 36.1 Å². The highest BCUT2D eigenvalue weighted by Gasteiger charge is 2.27. The molecule has 1 saturated carbocycles. The maximum absolute atomic E-state index is 13.9. The molecule has 1 aliphatic heterocycles. The molecule has 0 amide bonds. The van der Waals surface area contributed by atoms with E-state index < -0.39 is 10.0 Å². The van der Waals surface area contributed by atoms with Gasteiger partial charge in [-0.1, -0.05) is 67.3 Å². The third-order valence-electron chi connectivity index (χ3n) is 8.54. The summed E-state index contributed by atoms with van der Waals surface area (Å²) in [6.45, 7) is 3.86. The maximum Gasteiger partial charge on any atom is 0.264 e. The predicted octanol–water partition coefficient (Wildman–Crippen LogP) is 7.06. The van der Waals surface area contributed by atoms with E-state index in [0.29, 0.717) is 29.2 Å². The lowest BCUT2D eigenvalue weighted by Gasteiger charge is -2.28. The van der Waals surface area contributed by atoms with Crippen molar-refractivity contribution in [2.24, 2.45) is 0 Å². The molecule has 1 aromatic heterocycles. The summed E-state index contributed by atoms with van der Waals surface area (Å²) in [5.41, 5.74) is 2.55.